The fourth-order valence-electron chi connectivity index (χ4n) is 2.70. The first-order chi connectivity index (χ1) is 9.92. The van der Waals surface area contributed by atoms with Gasteiger partial charge in [-0.15, -0.1) is 0 Å². The van der Waals surface area contributed by atoms with Gasteiger partial charge in [-0.25, -0.2) is 0 Å². The van der Waals surface area contributed by atoms with Crippen LogP contribution in [0.2, 0.25) is 0 Å². The van der Waals surface area contributed by atoms with E-state index in [9.17, 15) is 0 Å². The largest absolute Gasteiger partial charge is 0.465 e. The van der Waals surface area contributed by atoms with Gasteiger partial charge in [-0.2, -0.15) is 0 Å². The van der Waals surface area contributed by atoms with Crippen LogP contribution in [-0.2, 0) is 13.1 Å². The van der Waals surface area contributed by atoms with E-state index >= 15 is 0 Å². The summed E-state index contributed by atoms with van der Waals surface area (Å²) < 4.78 is 5.96. The van der Waals surface area contributed by atoms with Crippen LogP contribution < -0.4 is 5.32 Å². The summed E-state index contributed by atoms with van der Waals surface area (Å²) in [6.07, 6.45) is 1.17. The molecule has 21 heavy (non-hydrogen) atoms. The van der Waals surface area contributed by atoms with Crippen LogP contribution in [0.5, 0.6) is 0 Å². The first-order valence-corrected chi connectivity index (χ1v) is 8.43. The van der Waals surface area contributed by atoms with E-state index in [0.29, 0.717) is 11.8 Å². The Labute approximate surface area is 131 Å². The van der Waals surface area contributed by atoms with Crippen molar-refractivity contribution < 1.29 is 4.42 Å². The number of rotatable bonds is 10. The fraction of sp³-hybridized carbons (Fsp3) is 0.778. The second-order valence-corrected chi connectivity index (χ2v) is 6.95. The molecule has 0 spiro atoms. The van der Waals surface area contributed by atoms with Gasteiger partial charge in [-0.1, -0.05) is 34.6 Å². The van der Waals surface area contributed by atoms with Crippen LogP contribution in [0, 0.1) is 18.8 Å². The molecule has 1 rings (SSSR count). The normalized spacial score (nSPS) is 12.0. The van der Waals surface area contributed by atoms with E-state index < -0.39 is 0 Å². The summed E-state index contributed by atoms with van der Waals surface area (Å²) in [5.41, 5.74) is 1.30. The van der Waals surface area contributed by atoms with E-state index in [-0.39, 0.29) is 0 Å². The van der Waals surface area contributed by atoms with Gasteiger partial charge in [0.15, 0.2) is 0 Å². The highest BCUT2D eigenvalue weighted by Crippen LogP contribution is 2.17. The van der Waals surface area contributed by atoms with E-state index in [0.717, 1.165) is 44.2 Å². The van der Waals surface area contributed by atoms with Gasteiger partial charge in [0.2, 0.25) is 0 Å². The van der Waals surface area contributed by atoms with Crippen LogP contribution in [0.3, 0.4) is 0 Å². The molecule has 0 unspecified atom stereocenters. The lowest BCUT2D eigenvalue weighted by molar-refractivity contribution is 0.196. The molecule has 0 atom stereocenters. The van der Waals surface area contributed by atoms with Crippen molar-refractivity contribution in [1.82, 2.24) is 10.2 Å². The Morgan fingerprint density at radius 2 is 1.76 bits per heavy atom. The smallest absolute Gasteiger partial charge is 0.118 e. The van der Waals surface area contributed by atoms with Gasteiger partial charge in [-0.3, -0.25) is 4.90 Å². The van der Waals surface area contributed by atoms with Crippen molar-refractivity contribution in [1.29, 1.82) is 0 Å². The third kappa shape index (κ3) is 7.14. The summed E-state index contributed by atoms with van der Waals surface area (Å²) in [5.74, 6) is 3.53. The van der Waals surface area contributed by atoms with Crippen molar-refractivity contribution in [3.63, 3.8) is 0 Å². The van der Waals surface area contributed by atoms with Crippen LogP contribution in [-0.4, -0.2) is 24.5 Å². The van der Waals surface area contributed by atoms with Gasteiger partial charge >= 0.3 is 0 Å². The van der Waals surface area contributed by atoms with Crippen molar-refractivity contribution in [2.45, 2.75) is 61.1 Å². The summed E-state index contributed by atoms with van der Waals surface area (Å²) in [6.45, 7) is 18.5. The minimum atomic E-state index is 0.686. The molecule has 3 heteroatoms. The van der Waals surface area contributed by atoms with Crippen LogP contribution >= 0.6 is 0 Å². The molecular weight excluding hydrogens is 260 g/mol. The highest BCUT2D eigenvalue weighted by molar-refractivity contribution is 5.20. The summed E-state index contributed by atoms with van der Waals surface area (Å²) in [4.78, 5) is 2.51. The van der Waals surface area contributed by atoms with Crippen molar-refractivity contribution in [3.05, 3.63) is 23.2 Å². The molecule has 3 nitrogen and oxygen atoms in total. The molecule has 1 aromatic heterocycles. The van der Waals surface area contributed by atoms with Gasteiger partial charge in [0, 0.05) is 25.2 Å². The summed E-state index contributed by atoms with van der Waals surface area (Å²) in [5, 5.41) is 3.45. The third-order valence-corrected chi connectivity index (χ3v) is 3.44. The molecule has 0 amide bonds. The maximum absolute atomic E-state index is 5.96. The minimum absolute atomic E-state index is 0.686. The van der Waals surface area contributed by atoms with Gasteiger partial charge < -0.3 is 9.73 Å². The molecule has 122 valence electrons. The second kappa shape index (κ2) is 9.26. The monoisotopic (exact) mass is 294 g/mol. The van der Waals surface area contributed by atoms with Crippen LogP contribution in [0.25, 0.3) is 0 Å². The zero-order valence-corrected chi connectivity index (χ0v) is 14.8. The van der Waals surface area contributed by atoms with Crippen LogP contribution in [0.1, 0.15) is 58.1 Å². The fourth-order valence-corrected chi connectivity index (χ4v) is 2.70. The van der Waals surface area contributed by atoms with Crippen molar-refractivity contribution >= 4 is 0 Å². The van der Waals surface area contributed by atoms with Gasteiger partial charge in [0.1, 0.15) is 11.5 Å². The highest BCUT2D eigenvalue weighted by Gasteiger charge is 2.14. The zero-order chi connectivity index (χ0) is 15.8. The molecule has 0 saturated heterocycles. The Hall–Kier alpha value is -0.800. The van der Waals surface area contributed by atoms with E-state index in [2.05, 4.69) is 57.8 Å². The van der Waals surface area contributed by atoms with Crippen LogP contribution in [0.4, 0.5) is 0 Å². The lowest BCUT2D eigenvalue weighted by atomic mass is 10.1. The maximum Gasteiger partial charge on any atom is 0.118 e. The Kier molecular flexibility index (Phi) is 8.05. The topological polar surface area (TPSA) is 28.4 Å². The van der Waals surface area contributed by atoms with Gasteiger partial charge in [0.25, 0.3) is 0 Å². The summed E-state index contributed by atoms with van der Waals surface area (Å²) in [7, 11) is 0. The molecule has 1 N–H and O–H groups in total. The molecule has 0 aliphatic rings. The zero-order valence-electron chi connectivity index (χ0n) is 14.8. The molecule has 1 heterocycles. The maximum atomic E-state index is 5.96. The number of furan rings is 1. The van der Waals surface area contributed by atoms with E-state index in [1.54, 1.807) is 0 Å². The Morgan fingerprint density at radius 3 is 2.29 bits per heavy atom. The van der Waals surface area contributed by atoms with Crippen molar-refractivity contribution in [2.75, 3.05) is 19.6 Å². The summed E-state index contributed by atoms with van der Waals surface area (Å²) >= 11 is 0. The molecule has 0 fully saturated rings. The first kappa shape index (κ1) is 18.2. The number of hydrogen-bond acceptors (Lipinski definition) is 3. The number of nitrogens with one attached hydrogen (secondary N) is 1. The lowest BCUT2D eigenvalue weighted by Crippen LogP contribution is -2.30. The third-order valence-electron chi connectivity index (χ3n) is 3.44. The molecule has 1 aromatic rings. The predicted molar refractivity (Wildman–Crippen MR) is 90.4 cm³/mol. The Morgan fingerprint density at radius 1 is 1.14 bits per heavy atom. The average Bonchev–Trinajstić information content (AvgIpc) is 2.68. The van der Waals surface area contributed by atoms with E-state index in [1.807, 2.05) is 0 Å². The summed E-state index contributed by atoms with van der Waals surface area (Å²) in [6, 6.07) is 2.23. The van der Waals surface area contributed by atoms with Gasteiger partial charge in [-0.05, 0) is 37.8 Å². The molecule has 0 saturated carbocycles. The standard InChI is InChI=1S/C18H34N2O/c1-7-8-19-10-17-9-18(21-16(17)6)13-20(11-14(2)3)12-15(4)5/h9,14-15,19H,7-8,10-13H2,1-6H3. The molecular formula is C18H34N2O. The quantitative estimate of drug-likeness (QED) is 0.656. The van der Waals surface area contributed by atoms with Crippen molar-refractivity contribution in [2.24, 2.45) is 11.8 Å². The average molecular weight is 294 g/mol. The SMILES string of the molecule is CCCNCc1cc(CN(CC(C)C)CC(C)C)oc1C. The Bertz CT molecular complexity index is 386. The highest BCUT2D eigenvalue weighted by atomic mass is 16.3. The van der Waals surface area contributed by atoms with Crippen molar-refractivity contribution in [3.8, 4) is 0 Å². The molecule has 0 aliphatic carbocycles. The first-order valence-electron chi connectivity index (χ1n) is 8.43. The lowest BCUT2D eigenvalue weighted by Gasteiger charge is -2.25. The number of nitrogens with zero attached hydrogens (tertiary/aromatic N) is 1. The molecule has 0 bridgehead atoms. The van der Waals surface area contributed by atoms with Gasteiger partial charge in [0.05, 0.1) is 6.54 Å². The minimum Gasteiger partial charge on any atom is -0.465 e. The molecule has 0 radical (unpaired) electrons. The Balaban J connectivity index is 2.63. The number of aryl methyl sites for hydroxylation is 1. The van der Waals surface area contributed by atoms with E-state index in [1.165, 1.54) is 12.0 Å². The van der Waals surface area contributed by atoms with Crippen LogP contribution in [0.15, 0.2) is 10.5 Å². The molecule has 0 aromatic carbocycles. The number of hydrogen-bond donors (Lipinski definition) is 1. The van der Waals surface area contributed by atoms with E-state index in [4.69, 9.17) is 4.42 Å². The second-order valence-electron chi connectivity index (χ2n) is 6.95. The predicted octanol–water partition coefficient (Wildman–Crippen LogP) is 4.20. The molecule has 0 aliphatic heterocycles.